The zero-order chi connectivity index (χ0) is 16.1. The summed E-state index contributed by atoms with van der Waals surface area (Å²) in [6.45, 7) is 4.18. The van der Waals surface area contributed by atoms with Crippen LogP contribution in [-0.4, -0.2) is 20.7 Å². The van der Waals surface area contributed by atoms with Gasteiger partial charge in [0.2, 0.25) is 0 Å². The highest BCUT2D eigenvalue weighted by molar-refractivity contribution is 6.34. The van der Waals surface area contributed by atoms with E-state index in [-0.39, 0.29) is 10.7 Å². The topological polar surface area (TPSA) is 30.7 Å². The van der Waals surface area contributed by atoms with Crippen LogP contribution in [0.4, 0.5) is 13.2 Å². The summed E-state index contributed by atoms with van der Waals surface area (Å²) in [5, 5.41) is 0.618. The quantitative estimate of drug-likeness (QED) is 0.636. The highest BCUT2D eigenvalue weighted by Crippen LogP contribution is 2.34. The van der Waals surface area contributed by atoms with Crippen molar-refractivity contribution in [3.05, 3.63) is 41.3 Å². The summed E-state index contributed by atoms with van der Waals surface area (Å²) in [7, 11) is 0. The summed E-state index contributed by atoms with van der Waals surface area (Å²) in [5.41, 5.74) is 1.83. The minimum absolute atomic E-state index is 0.0168. The van der Waals surface area contributed by atoms with Crippen LogP contribution in [0.1, 0.15) is 11.4 Å². The van der Waals surface area contributed by atoms with E-state index in [2.05, 4.69) is 16.5 Å². The van der Waals surface area contributed by atoms with Crippen molar-refractivity contribution in [3.8, 4) is 0 Å². The first-order valence-corrected chi connectivity index (χ1v) is 6.83. The molecule has 0 radical (unpaired) electrons. The van der Waals surface area contributed by atoms with E-state index in [1.165, 1.54) is 0 Å². The Morgan fingerprint density at radius 3 is 2.68 bits per heavy atom. The normalized spacial score (nSPS) is 12.2. The highest BCUT2D eigenvalue weighted by Gasteiger charge is 2.30. The monoisotopic (exact) mass is 325 g/mol. The van der Waals surface area contributed by atoms with Crippen LogP contribution < -0.4 is 0 Å². The van der Waals surface area contributed by atoms with Gasteiger partial charge in [0.05, 0.1) is 5.52 Å². The molecule has 0 unspecified atom stereocenters. The van der Waals surface area contributed by atoms with Crippen LogP contribution in [0.25, 0.3) is 28.0 Å². The molecule has 0 amide bonds. The van der Waals surface area contributed by atoms with Crippen molar-refractivity contribution in [3.63, 3.8) is 0 Å². The highest BCUT2D eigenvalue weighted by atomic mass is 35.5. The third-order valence-electron chi connectivity index (χ3n) is 3.36. The minimum atomic E-state index is -4.37. The summed E-state index contributed by atoms with van der Waals surface area (Å²) in [6, 6.07) is 5.07. The molecular weight excluding hydrogens is 315 g/mol. The van der Waals surface area contributed by atoms with Gasteiger partial charge < -0.3 is 4.57 Å². The molecule has 2 heterocycles. The smallest absolute Gasteiger partial charge is 0.327 e. The number of hydrogen-bond acceptors (Lipinski definition) is 2. The third-order valence-corrected chi connectivity index (χ3v) is 3.63. The number of aromatic nitrogens is 3. The molecule has 3 rings (SSSR count). The average molecular weight is 326 g/mol. The summed E-state index contributed by atoms with van der Waals surface area (Å²) >= 11 is 6.08. The van der Waals surface area contributed by atoms with E-state index in [1.54, 1.807) is 31.2 Å². The summed E-state index contributed by atoms with van der Waals surface area (Å²) in [6.07, 6.45) is -2.74. The van der Waals surface area contributed by atoms with Crippen LogP contribution >= 0.6 is 11.6 Å². The Balaban J connectivity index is 2.47. The van der Waals surface area contributed by atoms with Crippen LogP contribution in [0.15, 0.2) is 24.8 Å². The molecule has 2 aromatic heterocycles. The van der Waals surface area contributed by atoms with E-state index >= 15 is 0 Å². The number of hydrogen-bond donors (Lipinski definition) is 0. The Labute approximate surface area is 129 Å². The number of nitrogens with zero attached hydrogens (tertiary/aromatic N) is 3. The molecule has 0 N–H and O–H groups in total. The second kappa shape index (κ2) is 4.98. The number of fused-ring (bicyclic) bond motifs is 3. The number of halogens is 4. The van der Waals surface area contributed by atoms with Gasteiger partial charge in [-0.15, -0.1) is 0 Å². The molecule has 0 aliphatic heterocycles. The molecule has 0 spiro atoms. The molecule has 0 saturated carbocycles. The van der Waals surface area contributed by atoms with Crippen LogP contribution in [0, 0.1) is 6.92 Å². The summed E-state index contributed by atoms with van der Waals surface area (Å²) < 4.78 is 39.8. The van der Waals surface area contributed by atoms with Gasteiger partial charge in [0, 0.05) is 5.39 Å². The molecule has 3 nitrogen and oxygen atoms in total. The molecule has 7 heteroatoms. The van der Waals surface area contributed by atoms with Gasteiger partial charge >= 0.3 is 6.18 Å². The summed E-state index contributed by atoms with van der Waals surface area (Å²) in [5.74, 6) is 0.410. The Hall–Kier alpha value is -2.08. The molecule has 0 bridgehead atoms. The lowest BCUT2D eigenvalue weighted by Gasteiger charge is -2.11. The Morgan fingerprint density at radius 1 is 1.32 bits per heavy atom. The molecule has 0 aliphatic rings. The first-order chi connectivity index (χ1) is 10.3. The van der Waals surface area contributed by atoms with Crippen molar-refractivity contribution >= 4 is 39.6 Å². The van der Waals surface area contributed by atoms with Gasteiger partial charge in [-0.2, -0.15) is 13.2 Å². The Kier molecular flexibility index (Phi) is 3.36. The fourth-order valence-electron chi connectivity index (χ4n) is 2.53. The molecule has 1 aromatic carbocycles. The van der Waals surface area contributed by atoms with Crippen molar-refractivity contribution in [2.45, 2.75) is 19.6 Å². The van der Waals surface area contributed by atoms with E-state index in [4.69, 9.17) is 11.6 Å². The van der Waals surface area contributed by atoms with E-state index < -0.39 is 12.7 Å². The minimum Gasteiger partial charge on any atom is -0.327 e. The van der Waals surface area contributed by atoms with Gasteiger partial charge in [-0.1, -0.05) is 30.3 Å². The predicted octanol–water partition coefficient (Wildman–Crippen LogP) is 4.75. The van der Waals surface area contributed by atoms with Crippen molar-refractivity contribution in [1.82, 2.24) is 14.5 Å². The maximum Gasteiger partial charge on any atom is 0.406 e. The van der Waals surface area contributed by atoms with Crippen LogP contribution in [0.5, 0.6) is 0 Å². The molecule has 0 saturated heterocycles. The largest absolute Gasteiger partial charge is 0.406 e. The molecular formula is C15H11ClF3N3. The second-order valence-electron chi connectivity index (χ2n) is 4.94. The van der Waals surface area contributed by atoms with E-state index in [9.17, 15) is 13.2 Å². The lowest BCUT2D eigenvalue weighted by atomic mass is 10.1. The number of rotatable bonds is 2. The first-order valence-electron chi connectivity index (χ1n) is 6.45. The van der Waals surface area contributed by atoms with Gasteiger partial charge in [-0.25, -0.2) is 9.97 Å². The van der Waals surface area contributed by atoms with Gasteiger partial charge in [0.15, 0.2) is 5.15 Å². The predicted molar refractivity (Wildman–Crippen MR) is 80.9 cm³/mol. The lowest BCUT2D eigenvalue weighted by molar-refractivity contribution is -0.139. The first kappa shape index (κ1) is 14.8. The number of benzene rings is 1. The lowest BCUT2D eigenvalue weighted by Crippen LogP contribution is -2.17. The van der Waals surface area contributed by atoms with Crippen molar-refractivity contribution < 1.29 is 13.2 Å². The molecule has 0 atom stereocenters. The maximum absolute atomic E-state index is 12.9. The molecule has 0 fully saturated rings. The fraction of sp³-hybridized carbons (Fsp3) is 0.200. The van der Waals surface area contributed by atoms with Crippen molar-refractivity contribution in [1.29, 1.82) is 0 Å². The van der Waals surface area contributed by atoms with Crippen molar-refractivity contribution in [2.24, 2.45) is 0 Å². The third kappa shape index (κ3) is 2.43. The standard InChI is InChI=1S/C15H11ClF3N3/c1-3-9-4-5-11-10(6-9)12-13(14(16)21-8(2)20-12)22(11)7-15(17,18)19/h3-6H,1,7H2,2H3. The van der Waals surface area contributed by atoms with Crippen molar-refractivity contribution in [2.75, 3.05) is 0 Å². The Morgan fingerprint density at radius 2 is 2.05 bits per heavy atom. The van der Waals surface area contributed by atoms with E-state index in [1.807, 2.05) is 0 Å². The van der Waals surface area contributed by atoms with Gasteiger partial charge in [-0.05, 0) is 24.6 Å². The summed E-state index contributed by atoms with van der Waals surface area (Å²) in [4.78, 5) is 8.25. The van der Waals surface area contributed by atoms with Gasteiger partial charge in [-0.3, -0.25) is 0 Å². The number of alkyl halides is 3. The molecule has 3 aromatic rings. The molecule has 22 heavy (non-hydrogen) atoms. The SMILES string of the molecule is C=Cc1ccc2c(c1)c1nc(C)nc(Cl)c1n2CC(F)(F)F. The molecule has 114 valence electrons. The zero-order valence-corrected chi connectivity index (χ0v) is 12.3. The fourth-order valence-corrected chi connectivity index (χ4v) is 2.84. The number of aryl methyl sites for hydroxylation is 1. The van der Waals surface area contributed by atoms with Crippen LogP contribution in [0.2, 0.25) is 5.15 Å². The average Bonchev–Trinajstić information content (AvgIpc) is 2.71. The van der Waals surface area contributed by atoms with E-state index in [0.717, 1.165) is 10.1 Å². The van der Waals surface area contributed by atoms with Gasteiger partial charge in [0.25, 0.3) is 0 Å². The second-order valence-corrected chi connectivity index (χ2v) is 5.30. The van der Waals surface area contributed by atoms with Gasteiger partial charge in [0.1, 0.15) is 23.4 Å². The van der Waals surface area contributed by atoms with Crippen LogP contribution in [-0.2, 0) is 6.54 Å². The van der Waals surface area contributed by atoms with Crippen LogP contribution in [0.3, 0.4) is 0 Å². The molecule has 0 aliphatic carbocycles. The maximum atomic E-state index is 12.9. The Bertz CT molecular complexity index is 897. The van der Waals surface area contributed by atoms with E-state index in [0.29, 0.717) is 22.2 Å². The zero-order valence-electron chi connectivity index (χ0n) is 11.6.